The van der Waals surface area contributed by atoms with E-state index in [2.05, 4.69) is 10.3 Å². The number of hydrogen-bond acceptors (Lipinski definition) is 2. The molecule has 4 rings (SSSR count). The van der Waals surface area contributed by atoms with Crippen molar-refractivity contribution in [2.75, 3.05) is 5.32 Å². The Hall–Kier alpha value is -2.63. The summed E-state index contributed by atoms with van der Waals surface area (Å²) in [5.74, 6) is -1.22. The molecule has 136 valence electrons. The summed E-state index contributed by atoms with van der Waals surface area (Å²) in [6.45, 7) is 0.745. The highest BCUT2D eigenvalue weighted by molar-refractivity contribution is 5.80. The number of halogens is 2. The van der Waals surface area contributed by atoms with Gasteiger partial charge in [-0.15, -0.1) is 0 Å². The zero-order chi connectivity index (χ0) is 18.1. The van der Waals surface area contributed by atoms with Crippen LogP contribution in [0.5, 0.6) is 0 Å². The lowest BCUT2D eigenvalue weighted by atomic mass is 9.89. The lowest BCUT2D eigenvalue weighted by Gasteiger charge is -2.21. The van der Waals surface area contributed by atoms with Crippen LogP contribution in [0.1, 0.15) is 32.1 Å². The van der Waals surface area contributed by atoms with Crippen LogP contribution in [0.4, 0.5) is 20.2 Å². The molecule has 0 spiro atoms. The second kappa shape index (κ2) is 6.94. The Bertz CT molecular complexity index is 986. The van der Waals surface area contributed by atoms with Gasteiger partial charge in [-0.1, -0.05) is 19.3 Å². The maximum absolute atomic E-state index is 13.3. The maximum atomic E-state index is 13.3. The first-order chi connectivity index (χ1) is 12.6. The molecule has 0 saturated heterocycles. The topological polar surface area (TPSA) is 49.8 Å². The summed E-state index contributed by atoms with van der Waals surface area (Å²) in [4.78, 5) is 15.3. The minimum absolute atomic E-state index is 0.101. The second-order valence-electron chi connectivity index (χ2n) is 7.03. The SMILES string of the molecule is O=c1[nH]c2cc(Nc3ccc(F)c(F)c3)ccc2n1CC1CCCCC1. The fourth-order valence-corrected chi connectivity index (χ4v) is 3.79. The Kier molecular flexibility index (Phi) is 4.49. The van der Waals surface area contributed by atoms with E-state index < -0.39 is 11.6 Å². The van der Waals surface area contributed by atoms with E-state index in [9.17, 15) is 13.6 Å². The minimum atomic E-state index is -0.900. The smallest absolute Gasteiger partial charge is 0.326 e. The van der Waals surface area contributed by atoms with Crippen molar-refractivity contribution in [3.63, 3.8) is 0 Å². The number of fused-ring (bicyclic) bond motifs is 1. The van der Waals surface area contributed by atoms with Gasteiger partial charge in [0.25, 0.3) is 0 Å². The van der Waals surface area contributed by atoms with Crippen LogP contribution in [0, 0.1) is 17.6 Å². The summed E-state index contributed by atoms with van der Waals surface area (Å²) >= 11 is 0. The van der Waals surface area contributed by atoms with E-state index >= 15 is 0 Å². The highest BCUT2D eigenvalue weighted by Gasteiger charge is 2.17. The zero-order valence-electron chi connectivity index (χ0n) is 14.4. The van der Waals surface area contributed by atoms with Gasteiger partial charge >= 0.3 is 5.69 Å². The first kappa shape index (κ1) is 16.8. The van der Waals surface area contributed by atoms with Crippen molar-refractivity contribution in [3.05, 3.63) is 58.5 Å². The minimum Gasteiger partial charge on any atom is -0.355 e. The molecule has 0 aliphatic heterocycles. The number of aromatic nitrogens is 2. The van der Waals surface area contributed by atoms with Crippen LogP contribution in [0.15, 0.2) is 41.2 Å². The predicted octanol–water partition coefficient (Wildman–Crippen LogP) is 4.93. The monoisotopic (exact) mass is 357 g/mol. The summed E-state index contributed by atoms with van der Waals surface area (Å²) in [6.07, 6.45) is 6.12. The molecule has 1 saturated carbocycles. The Balaban J connectivity index is 1.59. The van der Waals surface area contributed by atoms with E-state index in [1.165, 1.54) is 38.2 Å². The first-order valence-corrected chi connectivity index (χ1v) is 9.05. The molecular weight excluding hydrogens is 336 g/mol. The quantitative estimate of drug-likeness (QED) is 0.695. The van der Waals surface area contributed by atoms with Crippen LogP contribution in [-0.4, -0.2) is 9.55 Å². The number of anilines is 2. The summed E-state index contributed by atoms with van der Waals surface area (Å²) in [7, 11) is 0. The molecule has 1 aromatic heterocycles. The molecule has 2 N–H and O–H groups in total. The molecule has 0 radical (unpaired) electrons. The third-order valence-electron chi connectivity index (χ3n) is 5.15. The van der Waals surface area contributed by atoms with E-state index in [0.717, 1.165) is 29.7 Å². The number of nitrogens with zero attached hydrogens (tertiary/aromatic N) is 1. The van der Waals surface area contributed by atoms with Crippen molar-refractivity contribution < 1.29 is 8.78 Å². The lowest BCUT2D eigenvalue weighted by molar-refractivity contribution is 0.319. The average Bonchev–Trinajstić information content (AvgIpc) is 2.94. The molecule has 1 heterocycles. The van der Waals surface area contributed by atoms with E-state index in [-0.39, 0.29) is 5.69 Å². The number of rotatable bonds is 4. The second-order valence-corrected chi connectivity index (χ2v) is 7.03. The molecule has 1 aliphatic carbocycles. The molecule has 0 bridgehead atoms. The first-order valence-electron chi connectivity index (χ1n) is 9.05. The molecule has 0 unspecified atom stereocenters. The molecule has 0 amide bonds. The number of nitrogens with one attached hydrogen (secondary N) is 2. The zero-order valence-corrected chi connectivity index (χ0v) is 14.4. The molecule has 4 nitrogen and oxygen atoms in total. The van der Waals surface area contributed by atoms with Crippen LogP contribution < -0.4 is 11.0 Å². The molecule has 2 aromatic carbocycles. The van der Waals surface area contributed by atoms with Crippen LogP contribution in [0.2, 0.25) is 0 Å². The number of H-pyrrole nitrogens is 1. The Labute approximate surface area is 149 Å². The fourth-order valence-electron chi connectivity index (χ4n) is 3.79. The van der Waals surface area contributed by atoms with Gasteiger partial charge in [-0.25, -0.2) is 13.6 Å². The molecule has 6 heteroatoms. The van der Waals surface area contributed by atoms with Gasteiger partial charge in [0.05, 0.1) is 11.0 Å². The summed E-state index contributed by atoms with van der Waals surface area (Å²) in [5, 5.41) is 3.04. The van der Waals surface area contributed by atoms with Gasteiger partial charge in [0, 0.05) is 24.0 Å². The van der Waals surface area contributed by atoms with E-state index in [1.807, 2.05) is 22.8 Å². The maximum Gasteiger partial charge on any atom is 0.326 e. The van der Waals surface area contributed by atoms with Crippen molar-refractivity contribution in [2.45, 2.75) is 38.6 Å². The van der Waals surface area contributed by atoms with Crippen LogP contribution in [0.25, 0.3) is 11.0 Å². The van der Waals surface area contributed by atoms with Crippen molar-refractivity contribution in [1.82, 2.24) is 9.55 Å². The van der Waals surface area contributed by atoms with Gasteiger partial charge in [-0.3, -0.25) is 4.57 Å². The van der Waals surface area contributed by atoms with E-state index in [4.69, 9.17) is 0 Å². The third kappa shape index (κ3) is 3.36. The highest BCUT2D eigenvalue weighted by atomic mass is 19.2. The molecule has 26 heavy (non-hydrogen) atoms. The van der Waals surface area contributed by atoms with Gasteiger partial charge < -0.3 is 10.3 Å². The van der Waals surface area contributed by atoms with Crippen LogP contribution in [-0.2, 0) is 6.54 Å². The van der Waals surface area contributed by atoms with Gasteiger partial charge in [-0.05, 0) is 49.1 Å². The van der Waals surface area contributed by atoms with Gasteiger partial charge in [0.1, 0.15) is 0 Å². The average molecular weight is 357 g/mol. The third-order valence-corrected chi connectivity index (χ3v) is 5.15. The molecule has 3 aromatic rings. The number of imidazole rings is 1. The number of hydrogen-bond donors (Lipinski definition) is 2. The summed E-state index contributed by atoms with van der Waals surface area (Å²) in [6, 6.07) is 9.21. The van der Waals surface area contributed by atoms with Crippen molar-refractivity contribution in [2.24, 2.45) is 5.92 Å². The molecular formula is C20H21F2N3O. The molecule has 1 aliphatic rings. The number of benzene rings is 2. The van der Waals surface area contributed by atoms with E-state index in [1.54, 1.807) is 0 Å². The van der Waals surface area contributed by atoms with Gasteiger partial charge in [0.2, 0.25) is 0 Å². The standard InChI is InChI=1S/C20H21F2N3O/c21-16-8-6-14(10-17(16)22)23-15-7-9-19-18(11-15)24-20(26)25(19)12-13-4-2-1-3-5-13/h6-11,13,23H,1-5,12H2,(H,24,26). The lowest BCUT2D eigenvalue weighted by Crippen LogP contribution is -2.22. The largest absolute Gasteiger partial charge is 0.355 e. The normalized spacial score (nSPS) is 15.5. The van der Waals surface area contributed by atoms with Crippen molar-refractivity contribution in [1.29, 1.82) is 0 Å². The molecule has 1 fully saturated rings. The molecule has 0 atom stereocenters. The van der Waals surface area contributed by atoms with Crippen LogP contribution >= 0.6 is 0 Å². The van der Waals surface area contributed by atoms with Gasteiger partial charge in [-0.2, -0.15) is 0 Å². The van der Waals surface area contributed by atoms with E-state index in [0.29, 0.717) is 17.3 Å². The number of aromatic amines is 1. The van der Waals surface area contributed by atoms with Crippen LogP contribution in [0.3, 0.4) is 0 Å². The predicted molar refractivity (Wildman–Crippen MR) is 98.8 cm³/mol. The highest BCUT2D eigenvalue weighted by Crippen LogP contribution is 2.27. The fraction of sp³-hybridized carbons (Fsp3) is 0.350. The Morgan fingerprint density at radius 2 is 1.73 bits per heavy atom. The van der Waals surface area contributed by atoms with Gasteiger partial charge in [0.15, 0.2) is 11.6 Å². The van der Waals surface area contributed by atoms with Crippen molar-refractivity contribution in [3.8, 4) is 0 Å². The summed E-state index contributed by atoms with van der Waals surface area (Å²) < 4.78 is 28.2. The Morgan fingerprint density at radius 3 is 2.50 bits per heavy atom. The summed E-state index contributed by atoms with van der Waals surface area (Å²) in [5.41, 5.74) is 2.66. The Morgan fingerprint density at radius 1 is 1.00 bits per heavy atom. The van der Waals surface area contributed by atoms with Crippen molar-refractivity contribution >= 4 is 22.4 Å².